The van der Waals surface area contributed by atoms with Gasteiger partial charge in [-0.15, -0.1) is 0 Å². The zero-order valence-electron chi connectivity index (χ0n) is 9.51. The van der Waals surface area contributed by atoms with Crippen molar-refractivity contribution >= 4 is 17.1 Å². The fraction of sp³-hybridized carbons (Fsp3) is 0.333. The molecule has 0 fully saturated rings. The normalized spacial score (nSPS) is 10.2. The molecule has 0 atom stereocenters. The van der Waals surface area contributed by atoms with Crippen molar-refractivity contribution in [2.45, 2.75) is 12.8 Å². The summed E-state index contributed by atoms with van der Waals surface area (Å²) in [6.45, 7) is -0.300. The van der Waals surface area contributed by atoms with Gasteiger partial charge in [0.15, 0.2) is 0 Å². The molecule has 0 saturated heterocycles. The second-order valence-electron chi connectivity index (χ2n) is 3.56. The molecule has 1 rings (SSSR count). The number of nitro groups is 3. The van der Waals surface area contributed by atoms with Gasteiger partial charge < -0.3 is 5.11 Å². The zero-order chi connectivity index (χ0) is 14.6. The Morgan fingerprint density at radius 3 is 1.74 bits per heavy atom. The van der Waals surface area contributed by atoms with Crippen LogP contribution < -0.4 is 0 Å². The van der Waals surface area contributed by atoms with Crippen molar-refractivity contribution < 1.29 is 19.9 Å². The smallest absolute Gasteiger partial charge is 0.286 e. The van der Waals surface area contributed by atoms with Gasteiger partial charge in [0.25, 0.3) is 17.1 Å². The lowest BCUT2D eigenvalue weighted by Gasteiger charge is -2.03. The Bertz CT molecular complexity index is 508. The molecule has 10 nitrogen and oxygen atoms in total. The van der Waals surface area contributed by atoms with Crippen LogP contribution in [0.15, 0.2) is 12.1 Å². The van der Waals surface area contributed by atoms with Crippen LogP contribution in [0.25, 0.3) is 0 Å². The van der Waals surface area contributed by atoms with E-state index in [1.807, 2.05) is 0 Å². The Kier molecular flexibility index (Phi) is 4.42. The number of aliphatic hydroxyl groups is 1. The first-order valence-electron chi connectivity index (χ1n) is 5.09. The number of nitrogens with zero attached hydrogens (tertiary/aromatic N) is 3. The molecule has 0 aliphatic heterocycles. The highest BCUT2D eigenvalue weighted by atomic mass is 16.6. The van der Waals surface area contributed by atoms with Crippen LogP contribution in [0, 0.1) is 30.3 Å². The van der Waals surface area contributed by atoms with Gasteiger partial charge in [0.2, 0.25) is 0 Å². The monoisotopic (exact) mass is 271 g/mol. The highest BCUT2D eigenvalue weighted by Crippen LogP contribution is 2.34. The highest BCUT2D eigenvalue weighted by molar-refractivity contribution is 5.60. The van der Waals surface area contributed by atoms with E-state index in [0.29, 0.717) is 12.1 Å². The van der Waals surface area contributed by atoms with E-state index in [9.17, 15) is 30.3 Å². The first-order valence-corrected chi connectivity index (χ1v) is 5.09. The molecular weight excluding hydrogens is 262 g/mol. The van der Waals surface area contributed by atoms with Crippen LogP contribution in [0.1, 0.15) is 12.0 Å². The van der Waals surface area contributed by atoms with Crippen LogP contribution in [0.3, 0.4) is 0 Å². The van der Waals surface area contributed by atoms with Crippen LogP contribution in [-0.2, 0) is 6.42 Å². The molecule has 0 aliphatic rings. The first-order chi connectivity index (χ1) is 8.88. The average Bonchev–Trinajstić information content (AvgIpc) is 2.34. The van der Waals surface area contributed by atoms with Gasteiger partial charge in [0.05, 0.1) is 26.9 Å². The molecule has 1 aromatic rings. The molecule has 0 heterocycles. The summed E-state index contributed by atoms with van der Waals surface area (Å²) >= 11 is 0. The fourth-order valence-electron chi connectivity index (χ4n) is 1.57. The Morgan fingerprint density at radius 2 is 1.42 bits per heavy atom. The first kappa shape index (κ1) is 14.4. The minimum Gasteiger partial charge on any atom is -0.396 e. The number of non-ortho nitro benzene ring substituents is 1. The van der Waals surface area contributed by atoms with Crippen molar-refractivity contribution in [1.29, 1.82) is 0 Å². The van der Waals surface area contributed by atoms with E-state index in [-0.39, 0.29) is 25.0 Å². The number of benzene rings is 1. The third kappa shape index (κ3) is 3.19. The van der Waals surface area contributed by atoms with Gasteiger partial charge in [0, 0.05) is 6.61 Å². The quantitative estimate of drug-likeness (QED) is 0.605. The van der Waals surface area contributed by atoms with Crippen molar-refractivity contribution in [3.63, 3.8) is 0 Å². The van der Waals surface area contributed by atoms with Crippen molar-refractivity contribution in [1.82, 2.24) is 0 Å². The van der Waals surface area contributed by atoms with Crippen molar-refractivity contribution in [3.8, 4) is 0 Å². The summed E-state index contributed by atoms with van der Waals surface area (Å²) in [5.41, 5.74) is -2.32. The molecule has 0 radical (unpaired) electrons. The Labute approximate surface area is 105 Å². The number of hydrogen-bond donors (Lipinski definition) is 1. The van der Waals surface area contributed by atoms with Crippen molar-refractivity contribution in [2.75, 3.05) is 6.61 Å². The maximum absolute atomic E-state index is 10.8. The second-order valence-corrected chi connectivity index (χ2v) is 3.56. The summed E-state index contributed by atoms with van der Waals surface area (Å²) in [4.78, 5) is 29.5. The summed E-state index contributed by atoms with van der Waals surface area (Å²) in [6, 6.07) is 1.36. The van der Waals surface area contributed by atoms with E-state index in [0.717, 1.165) is 0 Å². The number of nitro benzene ring substituents is 3. The predicted octanol–water partition coefficient (Wildman–Crippen LogP) is 1.34. The summed E-state index contributed by atoms with van der Waals surface area (Å²) in [5, 5.41) is 40.9. The van der Waals surface area contributed by atoms with Gasteiger partial charge in [-0.05, 0) is 12.8 Å². The van der Waals surface area contributed by atoms with E-state index in [1.165, 1.54) is 0 Å². The second kappa shape index (κ2) is 5.82. The largest absolute Gasteiger partial charge is 0.396 e. The van der Waals surface area contributed by atoms with E-state index in [2.05, 4.69) is 0 Å². The number of rotatable bonds is 6. The van der Waals surface area contributed by atoms with Gasteiger partial charge in [-0.3, -0.25) is 30.3 Å². The van der Waals surface area contributed by atoms with Gasteiger partial charge in [-0.1, -0.05) is 0 Å². The van der Waals surface area contributed by atoms with E-state index >= 15 is 0 Å². The molecule has 0 aliphatic carbocycles. The maximum atomic E-state index is 10.8. The zero-order valence-corrected chi connectivity index (χ0v) is 9.51. The molecule has 0 aromatic heterocycles. The molecule has 19 heavy (non-hydrogen) atoms. The Balaban J connectivity index is 3.50. The third-order valence-corrected chi connectivity index (χ3v) is 2.38. The molecule has 10 heteroatoms. The molecule has 0 bridgehead atoms. The Morgan fingerprint density at radius 1 is 0.947 bits per heavy atom. The molecule has 0 saturated carbocycles. The predicted molar refractivity (Wildman–Crippen MR) is 61.8 cm³/mol. The topological polar surface area (TPSA) is 150 Å². The van der Waals surface area contributed by atoms with Crippen LogP contribution in [0.5, 0.6) is 0 Å². The molecule has 0 amide bonds. The Hall–Kier alpha value is -2.62. The van der Waals surface area contributed by atoms with E-state index in [4.69, 9.17) is 5.11 Å². The van der Waals surface area contributed by atoms with Crippen LogP contribution in [-0.4, -0.2) is 26.5 Å². The SMILES string of the molecule is O=[N+]([O-])c1cc([N+](=O)[O-])c(CCCO)c([N+](=O)[O-])c1. The van der Waals surface area contributed by atoms with Gasteiger partial charge in [-0.2, -0.15) is 0 Å². The summed E-state index contributed by atoms with van der Waals surface area (Å²) in [7, 11) is 0. The summed E-state index contributed by atoms with van der Waals surface area (Å²) < 4.78 is 0. The fourth-order valence-corrected chi connectivity index (χ4v) is 1.57. The third-order valence-electron chi connectivity index (χ3n) is 2.38. The lowest BCUT2D eigenvalue weighted by atomic mass is 10.0. The lowest BCUT2D eigenvalue weighted by Crippen LogP contribution is -2.04. The standard InChI is InChI=1S/C9H9N3O7/c13-3-1-2-7-8(11(16)17)4-6(10(14)15)5-9(7)12(18)19/h4-5,13H,1-3H2. The molecule has 1 N–H and O–H groups in total. The van der Waals surface area contributed by atoms with Crippen LogP contribution in [0.2, 0.25) is 0 Å². The average molecular weight is 271 g/mol. The van der Waals surface area contributed by atoms with Gasteiger partial charge in [-0.25, -0.2) is 0 Å². The number of aliphatic hydroxyl groups excluding tert-OH is 1. The van der Waals surface area contributed by atoms with Gasteiger partial charge >= 0.3 is 0 Å². The lowest BCUT2D eigenvalue weighted by molar-refractivity contribution is -0.404. The maximum Gasteiger partial charge on any atom is 0.286 e. The van der Waals surface area contributed by atoms with Gasteiger partial charge in [0.1, 0.15) is 5.56 Å². The van der Waals surface area contributed by atoms with Crippen molar-refractivity contribution in [3.05, 3.63) is 48.0 Å². The molecule has 1 aromatic carbocycles. The van der Waals surface area contributed by atoms with Crippen molar-refractivity contribution in [2.24, 2.45) is 0 Å². The van der Waals surface area contributed by atoms with Crippen LogP contribution >= 0.6 is 0 Å². The van der Waals surface area contributed by atoms with E-state index in [1.54, 1.807) is 0 Å². The molecule has 102 valence electrons. The van der Waals surface area contributed by atoms with Crippen LogP contribution in [0.4, 0.5) is 17.1 Å². The minimum atomic E-state index is -0.935. The highest BCUT2D eigenvalue weighted by Gasteiger charge is 2.29. The summed E-state index contributed by atoms with van der Waals surface area (Å²) in [6.07, 6.45) is -0.0272. The number of hydrogen-bond acceptors (Lipinski definition) is 7. The van der Waals surface area contributed by atoms with E-state index < -0.39 is 31.8 Å². The minimum absolute atomic E-state index is 0.0828. The molecular formula is C9H9N3O7. The summed E-state index contributed by atoms with van der Waals surface area (Å²) in [5.74, 6) is 0. The molecule has 0 spiro atoms. The molecule has 0 unspecified atom stereocenters.